The molecule has 1 heterocycles. The second-order valence-corrected chi connectivity index (χ2v) is 6.69. The van der Waals surface area contributed by atoms with Gasteiger partial charge in [0.2, 0.25) is 17.7 Å². The summed E-state index contributed by atoms with van der Waals surface area (Å²) < 4.78 is 10.4. The van der Waals surface area contributed by atoms with Crippen molar-refractivity contribution in [3.63, 3.8) is 0 Å². The molecule has 1 atom stereocenters. The van der Waals surface area contributed by atoms with Crippen molar-refractivity contribution in [1.29, 1.82) is 0 Å². The van der Waals surface area contributed by atoms with Crippen molar-refractivity contribution in [3.8, 4) is 11.5 Å². The lowest BCUT2D eigenvalue weighted by Crippen LogP contribution is -2.28. The molecule has 2 aromatic rings. The normalized spacial score (nSPS) is 15.8. The molecule has 2 N–H and O–H groups in total. The fraction of sp³-hybridized carbons (Fsp3) is 0.286. The number of hydrogen-bond donors (Lipinski definition) is 2. The maximum atomic E-state index is 12.8. The van der Waals surface area contributed by atoms with Crippen molar-refractivity contribution in [3.05, 3.63) is 42.5 Å². The molecule has 0 spiro atoms. The minimum absolute atomic E-state index is 0.116. The van der Waals surface area contributed by atoms with Gasteiger partial charge in [-0.05, 0) is 42.5 Å². The van der Waals surface area contributed by atoms with E-state index in [-0.39, 0.29) is 30.7 Å². The van der Waals surface area contributed by atoms with Crippen molar-refractivity contribution in [1.82, 2.24) is 0 Å². The van der Waals surface area contributed by atoms with Crippen molar-refractivity contribution in [2.45, 2.75) is 13.3 Å². The number of rotatable bonds is 6. The van der Waals surface area contributed by atoms with Gasteiger partial charge in [0.25, 0.3) is 0 Å². The quantitative estimate of drug-likeness (QED) is 0.781. The first-order chi connectivity index (χ1) is 13.9. The first-order valence-electron chi connectivity index (χ1n) is 9.12. The predicted octanol–water partition coefficient (Wildman–Crippen LogP) is 2.65. The van der Waals surface area contributed by atoms with Gasteiger partial charge < -0.3 is 25.0 Å². The number of methoxy groups -OCH3 is 2. The molecule has 1 unspecified atom stereocenters. The lowest BCUT2D eigenvalue weighted by atomic mass is 10.1. The molecular weight excluding hydrogens is 374 g/mol. The van der Waals surface area contributed by atoms with Crippen LogP contribution in [0.5, 0.6) is 11.5 Å². The molecule has 1 fully saturated rings. The van der Waals surface area contributed by atoms with E-state index in [1.165, 1.54) is 14.0 Å². The molecule has 3 rings (SSSR count). The second-order valence-electron chi connectivity index (χ2n) is 6.69. The van der Waals surface area contributed by atoms with E-state index in [0.29, 0.717) is 22.9 Å². The van der Waals surface area contributed by atoms with Crippen LogP contribution in [0.1, 0.15) is 13.3 Å². The first kappa shape index (κ1) is 20.2. The predicted molar refractivity (Wildman–Crippen MR) is 109 cm³/mol. The minimum Gasteiger partial charge on any atom is -0.497 e. The standard InChI is InChI=1S/C21H23N3O5/c1-13(25)22-15-4-9-19(29-3)18(11-15)23-21(27)14-10-20(26)24(12-14)16-5-7-17(28-2)8-6-16/h4-9,11,14H,10,12H2,1-3H3,(H,22,25)(H,23,27). The smallest absolute Gasteiger partial charge is 0.229 e. The summed E-state index contributed by atoms with van der Waals surface area (Å²) in [6, 6.07) is 12.1. The van der Waals surface area contributed by atoms with Crippen LogP contribution in [0.15, 0.2) is 42.5 Å². The van der Waals surface area contributed by atoms with E-state index in [1.54, 1.807) is 54.5 Å². The molecule has 152 valence electrons. The Labute approximate surface area is 168 Å². The Morgan fingerprint density at radius 1 is 1.03 bits per heavy atom. The van der Waals surface area contributed by atoms with Crippen LogP contribution in [0.2, 0.25) is 0 Å². The second kappa shape index (κ2) is 8.64. The number of ether oxygens (including phenoxy) is 2. The van der Waals surface area contributed by atoms with Crippen LogP contribution in [0.25, 0.3) is 0 Å². The SMILES string of the molecule is COc1ccc(N2CC(C(=O)Nc3cc(NC(C)=O)ccc3OC)CC2=O)cc1. The Hall–Kier alpha value is -3.55. The van der Waals surface area contributed by atoms with E-state index in [9.17, 15) is 14.4 Å². The fourth-order valence-corrected chi connectivity index (χ4v) is 3.22. The highest BCUT2D eigenvalue weighted by Gasteiger charge is 2.35. The molecule has 8 nitrogen and oxygen atoms in total. The Bertz CT molecular complexity index is 926. The Morgan fingerprint density at radius 2 is 1.76 bits per heavy atom. The highest BCUT2D eigenvalue weighted by Crippen LogP contribution is 2.31. The maximum absolute atomic E-state index is 12.8. The molecule has 3 amide bonds. The number of amides is 3. The van der Waals surface area contributed by atoms with Gasteiger partial charge in [0, 0.05) is 31.3 Å². The molecule has 1 aliphatic rings. The van der Waals surface area contributed by atoms with Gasteiger partial charge in [-0.3, -0.25) is 14.4 Å². The van der Waals surface area contributed by atoms with Crippen molar-refractivity contribution >= 4 is 34.8 Å². The molecule has 0 bridgehead atoms. The highest BCUT2D eigenvalue weighted by atomic mass is 16.5. The molecule has 0 radical (unpaired) electrons. The molecule has 2 aromatic carbocycles. The number of carbonyl (C=O) groups excluding carboxylic acids is 3. The topological polar surface area (TPSA) is 97.0 Å². The summed E-state index contributed by atoms with van der Waals surface area (Å²) in [5.41, 5.74) is 1.69. The van der Waals surface area contributed by atoms with Crippen LogP contribution in [0.4, 0.5) is 17.1 Å². The van der Waals surface area contributed by atoms with Gasteiger partial charge in [-0.15, -0.1) is 0 Å². The molecule has 0 aromatic heterocycles. The summed E-state index contributed by atoms with van der Waals surface area (Å²) >= 11 is 0. The third-order valence-corrected chi connectivity index (χ3v) is 4.66. The van der Waals surface area contributed by atoms with E-state index in [4.69, 9.17) is 9.47 Å². The van der Waals surface area contributed by atoms with Crippen LogP contribution in [0, 0.1) is 5.92 Å². The van der Waals surface area contributed by atoms with Gasteiger partial charge in [0.15, 0.2) is 0 Å². The van der Waals surface area contributed by atoms with Crippen LogP contribution < -0.4 is 25.0 Å². The summed E-state index contributed by atoms with van der Waals surface area (Å²) in [5, 5.41) is 5.48. The highest BCUT2D eigenvalue weighted by molar-refractivity contribution is 6.04. The summed E-state index contributed by atoms with van der Waals surface area (Å²) in [6.45, 7) is 1.69. The average Bonchev–Trinajstić information content (AvgIpc) is 3.09. The molecule has 29 heavy (non-hydrogen) atoms. The third-order valence-electron chi connectivity index (χ3n) is 4.66. The van der Waals surface area contributed by atoms with Crippen LogP contribution in [0.3, 0.4) is 0 Å². The molecular formula is C21H23N3O5. The molecule has 0 aliphatic carbocycles. The van der Waals surface area contributed by atoms with E-state index in [0.717, 1.165) is 5.69 Å². The van der Waals surface area contributed by atoms with Crippen molar-refractivity contribution < 1.29 is 23.9 Å². The lowest BCUT2D eigenvalue weighted by Gasteiger charge is -2.17. The van der Waals surface area contributed by atoms with E-state index < -0.39 is 5.92 Å². The first-order valence-corrected chi connectivity index (χ1v) is 9.12. The van der Waals surface area contributed by atoms with Gasteiger partial charge in [-0.1, -0.05) is 0 Å². The number of nitrogens with zero attached hydrogens (tertiary/aromatic N) is 1. The van der Waals surface area contributed by atoms with Crippen LogP contribution in [-0.2, 0) is 14.4 Å². The minimum atomic E-state index is -0.501. The molecule has 8 heteroatoms. The number of nitrogens with one attached hydrogen (secondary N) is 2. The van der Waals surface area contributed by atoms with Crippen molar-refractivity contribution in [2.75, 3.05) is 36.3 Å². The maximum Gasteiger partial charge on any atom is 0.229 e. The number of carbonyl (C=O) groups is 3. The van der Waals surface area contributed by atoms with Gasteiger partial charge in [0.05, 0.1) is 25.8 Å². The molecule has 1 saturated heterocycles. The monoisotopic (exact) mass is 397 g/mol. The number of anilines is 3. The van der Waals surface area contributed by atoms with E-state index in [1.807, 2.05) is 0 Å². The Kier molecular flexibility index (Phi) is 6.01. The average molecular weight is 397 g/mol. The van der Waals surface area contributed by atoms with Crippen molar-refractivity contribution in [2.24, 2.45) is 5.92 Å². The molecule has 1 aliphatic heterocycles. The van der Waals surface area contributed by atoms with E-state index >= 15 is 0 Å². The Balaban J connectivity index is 1.72. The summed E-state index contributed by atoms with van der Waals surface area (Å²) in [6.07, 6.45) is 0.117. The lowest BCUT2D eigenvalue weighted by molar-refractivity contribution is -0.122. The fourth-order valence-electron chi connectivity index (χ4n) is 3.22. The van der Waals surface area contributed by atoms with Gasteiger partial charge >= 0.3 is 0 Å². The zero-order valence-corrected chi connectivity index (χ0v) is 16.5. The zero-order chi connectivity index (χ0) is 21.0. The van der Waals surface area contributed by atoms with Gasteiger partial charge in [0.1, 0.15) is 11.5 Å². The number of benzene rings is 2. The largest absolute Gasteiger partial charge is 0.497 e. The number of hydrogen-bond acceptors (Lipinski definition) is 5. The van der Waals surface area contributed by atoms with Crippen LogP contribution >= 0.6 is 0 Å². The molecule has 0 saturated carbocycles. The van der Waals surface area contributed by atoms with Gasteiger partial charge in [-0.25, -0.2) is 0 Å². The third kappa shape index (κ3) is 4.66. The summed E-state index contributed by atoms with van der Waals surface area (Å²) in [7, 11) is 3.07. The van der Waals surface area contributed by atoms with E-state index in [2.05, 4.69) is 10.6 Å². The zero-order valence-electron chi connectivity index (χ0n) is 16.5. The van der Waals surface area contributed by atoms with Gasteiger partial charge in [-0.2, -0.15) is 0 Å². The van der Waals surface area contributed by atoms with Crippen LogP contribution in [-0.4, -0.2) is 38.5 Å². The Morgan fingerprint density at radius 3 is 2.38 bits per heavy atom. The summed E-state index contributed by atoms with van der Waals surface area (Å²) in [5.74, 6) is 0.0363. The summed E-state index contributed by atoms with van der Waals surface area (Å²) in [4.78, 5) is 38.1.